The van der Waals surface area contributed by atoms with Gasteiger partial charge in [0.1, 0.15) is 0 Å². The minimum Gasteiger partial charge on any atom is -0.325 e. The molecule has 4 heteroatoms. The van der Waals surface area contributed by atoms with Gasteiger partial charge in [-0.2, -0.15) is 0 Å². The van der Waals surface area contributed by atoms with E-state index in [0.29, 0.717) is 5.92 Å². The smallest absolute Gasteiger partial charge is 0.0138 e. The highest BCUT2D eigenvalue weighted by molar-refractivity contribution is 5.85. The fourth-order valence-corrected chi connectivity index (χ4v) is 1.29. The Kier molecular flexibility index (Phi) is 6.64. The van der Waals surface area contributed by atoms with Crippen molar-refractivity contribution in [1.82, 2.24) is 5.32 Å². The summed E-state index contributed by atoms with van der Waals surface area (Å²) in [5.41, 5.74) is 5.92. The van der Waals surface area contributed by atoms with Crippen molar-refractivity contribution >= 4 is 24.8 Å². The number of nitrogens with two attached hydrogens (primary N) is 1. The molecular formula is C7H18Cl2N2. The van der Waals surface area contributed by atoms with Crippen LogP contribution < -0.4 is 11.1 Å². The molecule has 3 N–H and O–H groups in total. The topological polar surface area (TPSA) is 38.0 Å². The summed E-state index contributed by atoms with van der Waals surface area (Å²) in [6.07, 6.45) is 1.24. The monoisotopic (exact) mass is 200 g/mol. The van der Waals surface area contributed by atoms with Crippen LogP contribution in [0.15, 0.2) is 0 Å². The molecule has 1 heterocycles. The van der Waals surface area contributed by atoms with Gasteiger partial charge in [0.05, 0.1) is 0 Å². The van der Waals surface area contributed by atoms with Crippen molar-refractivity contribution in [3.63, 3.8) is 0 Å². The van der Waals surface area contributed by atoms with Gasteiger partial charge in [-0.1, -0.05) is 0 Å². The Balaban J connectivity index is 0. The third-order valence-corrected chi connectivity index (χ3v) is 2.11. The zero-order chi connectivity index (χ0) is 6.91. The minimum absolute atomic E-state index is 0. The minimum atomic E-state index is 0. The van der Waals surface area contributed by atoms with E-state index in [9.17, 15) is 0 Å². The van der Waals surface area contributed by atoms with Gasteiger partial charge in [-0.05, 0) is 39.3 Å². The van der Waals surface area contributed by atoms with Crippen LogP contribution in [0.3, 0.4) is 0 Å². The Hall–Kier alpha value is 0.500. The Labute approximate surface area is 81.1 Å². The van der Waals surface area contributed by atoms with Gasteiger partial charge < -0.3 is 11.1 Å². The number of hydrogen-bond donors (Lipinski definition) is 2. The molecule has 0 aliphatic carbocycles. The van der Waals surface area contributed by atoms with Crippen molar-refractivity contribution in [2.75, 3.05) is 13.1 Å². The van der Waals surface area contributed by atoms with Crippen LogP contribution in [-0.2, 0) is 0 Å². The van der Waals surface area contributed by atoms with Crippen LogP contribution in [0.5, 0.6) is 0 Å². The van der Waals surface area contributed by atoms with E-state index in [0.717, 1.165) is 13.1 Å². The molecule has 0 aromatic heterocycles. The molecule has 1 rings (SSSR count). The van der Waals surface area contributed by atoms with Crippen LogP contribution >= 0.6 is 24.8 Å². The fourth-order valence-electron chi connectivity index (χ4n) is 1.29. The molecule has 2 nitrogen and oxygen atoms in total. The SMILES string of the molecule is CC(C)(N)[C@@H]1CCNC1.Cl.Cl. The lowest BCUT2D eigenvalue weighted by Gasteiger charge is -2.25. The summed E-state index contributed by atoms with van der Waals surface area (Å²) in [7, 11) is 0. The van der Waals surface area contributed by atoms with E-state index in [2.05, 4.69) is 19.2 Å². The first-order chi connectivity index (χ1) is 4.11. The van der Waals surface area contributed by atoms with Crippen molar-refractivity contribution in [2.45, 2.75) is 25.8 Å². The summed E-state index contributed by atoms with van der Waals surface area (Å²) in [6.45, 7) is 6.45. The number of nitrogens with one attached hydrogen (secondary N) is 1. The summed E-state index contributed by atoms with van der Waals surface area (Å²) in [5, 5.41) is 3.30. The molecule has 1 saturated heterocycles. The standard InChI is InChI=1S/C7H16N2.2ClH/c1-7(2,8)6-3-4-9-5-6;;/h6,9H,3-5,8H2,1-2H3;2*1H/t6-;;/m1../s1. The lowest BCUT2D eigenvalue weighted by atomic mass is 9.88. The van der Waals surface area contributed by atoms with Crippen molar-refractivity contribution in [1.29, 1.82) is 0 Å². The van der Waals surface area contributed by atoms with Crippen LogP contribution in [0.25, 0.3) is 0 Å². The van der Waals surface area contributed by atoms with Crippen molar-refractivity contribution in [2.24, 2.45) is 11.7 Å². The van der Waals surface area contributed by atoms with Crippen molar-refractivity contribution in [3.05, 3.63) is 0 Å². The molecule has 0 radical (unpaired) electrons. The number of halogens is 2. The lowest BCUT2D eigenvalue weighted by molar-refractivity contribution is 0.346. The van der Waals surface area contributed by atoms with Gasteiger partial charge in [0.2, 0.25) is 0 Å². The average molecular weight is 201 g/mol. The maximum absolute atomic E-state index is 5.90. The second-order valence-corrected chi connectivity index (χ2v) is 3.51. The fraction of sp³-hybridized carbons (Fsp3) is 1.00. The molecule has 1 aliphatic heterocycles. The summed E-state index contributed by atoms with van der Waals surface area (Å²) >= 11 is 0. The predicted molar refractivity (Wildman–Crippen MR) is 53.7 cm³/mol. The molecule has 0 saturated carbocycles. The van der Waals surface area contributed by atoms with Crippen LogP contribution in [0.2, 0.25) is 0 Å². The maximum atomic E-state index is 5.90. The molecule has 11 heavy (non-hydrogen) atoms. The van der Waals surface area contributed by atoms with E-state index >= 15 is 0 Å². The second-order valence-electron chi connectivity index (χ2n) is 3.51. The van der Waals surface area contributed by atoms with Crippen LogP contribution in [0.1, 0.15) is 20.3 Å². The van der Waals surface area contributed by atoms with Gasteiger partial charge in [-0.15, -0.1) is 24.8 Å². The lowest BCUT2D eigenvalue weighted by Crippen LogP contribution is -2.41. The van der Waals surface area contributed by atoms with Gasteiger partial charge in [-0.3, -0.25) is 0 Å². The molecule has 0 unspecified atom stereocenters. The maximum Gasteiger partial charge on any atom is 0.0138 e. The third kappa shape index (κ3) is 4.16. The Morgan fingerprint density at radius 2 is 1.91 bits per heavy atom. The number of rotatable bonds is 1. The van der Waals surface area contributed by atoms with E-state index < -0.39 is 0 Å². The van der Waals surface area contributed by atoms with Crippen molar-refractivity contribution in [3.8, 4) is 0 Å². The molecule has 1 fully saturated rings. The van der Waals surface area contributed by atoms with Gasteiger partial charge in [0.25, 0.3) is 0 Å². The molecule has 0 aromatic carbocycles. The quantitative estimate of drug-likeness (QED) is 0.668. The largest absolute Gasteiger partial charge is 0.325 e. The van der Waals surface area contributed by atoms with Crippen LogP contribution in [0.4, 0.5) is 0 Å². The molecule has 0 bridgehead atoms. The van der Waals surface area contributed by atoms with Crippen molar-refractivity contribution < 1.29 is 0 Å². The zero-order valence-electron chi connectivity index (χ0n) is 7.09. The normalized spacial score (nSPS) is 23.7. The summed E-state index contributed by atoms with van der Waals surface area (Å²) in [4.78, 5) is 0. The average Bonchev–Trinajstić information content (AvgIpc) is 2.08. The van der Waals surface area contributed by atoms with E-state index in [-0.39, 0.29) is 30.4 Å². The van der Waals surface area contributed by atoms with E-state index in [1.807, 2.05) is 0 Å². The van der Waals surface area contributed by atoms with Gasteiger partial charge in [0, 0.05) is 5.54 Å². The summed E-state index contributed by atoms with van der Waals surface area (Å²) < 4.78 is 0. The second kappa shape index (κ2) is 5.20. The van der Waals surface area contributed by atoms with Gasteiger partial charge in [-0.25, -0.2) is 0 Å². The van der Waals surface area contributed by atoms with E-state index in [1.54, 1.807) is 0 Å². The molecule has 70 valence electrons. The zero-order valence-corrected chi connectivity index (χ0v) is 8.73. The first kappa shape index (κ1) is 14.0. The summed E-state index contributed by atoms with van der Waals surface area (Å²) in [5.74, 6) is 0.678. The van der Waals surface area contributed by atoms with Crippen LogP contribution in [0, 0.1) is 5.92 Å². The highest BCUT2D eigenvalue weighted by Gasteiger charge is 2.27. The van der Waals surface area contributed by atoms with E-state index in [1.165, 1.54) is 6.42 Å². The first-order valence-electron chi connectivity index (χ1n) is 3.60. The highest BCUT2D eigenvalue weighted by Crippen LogP contribution is 2.19. The molecule has 0 spiro atoms. The van der Waals surface area contributed by atoms with Crippen LogP contribution in [-0.4, -0.2) is 18.6 Å². The third-order valence-electron chi connectivity index (χ3n) is 2.11. The Morgan fingerprint density at radius 1 is 1.36 bits per heavy atom. The van der Waals surface area contributed by atoms with E-state index in [4.69, 9.17) is 5.73 Å². The molecular weight excluding hydrogens is 183 g/mol. The summed E-state index contributed by atoms with van der Waals surface area (Å²) in [6, 6.07) is 0. The van der Waals surface area contributed by atoms with Gasteiger partial charge >= 0.3 is 0 Å². The molecule has 1 aliphatic rings. The molecule has 1 atom stereocenters. The molecule has 0 amide bonds. The Morgan fingerprint density at radius 3 is 2.09 bits per heavy atom. The predicted octanol–water partition coefficient (Wildman–Crippen LogP) is 1.18. The number of hydrogen-bond acceptors (Lipinski definition) is 2. The van der Waals surface area contributed by atoms with Gasteiger partial charge in [0.15, 0.2) is 0 Å². The molecule has 0 aromatic rings. The first-order valence-corrected chi connectivity index (χ1v) is 3.60. The Bertz CT molecular complexity index is 95.1. The highest BCUT2D eigenvalue weighted by atomic mass is 35.5.